The number of pyridine rings is 1. The molecule has 114 valence electrons. The maximum atomic E-state index is 12.4. The minimum Gasteiger partial charge on any atom is -0.477 e. The standard InChI is InChI=1S/C10H5Cl3F3N3O2/c11-5-1-4(10(14,15)16)2-17-8(5)19-18-3-6(12)7(13)9(20)21/h1-3H,(H,17,19)(H,20,21)/b7-6+,18-3-. The molecule has 0 saturated heterocycles. The Balaban J connectivity index is 2.87. The second kappa shape index (κ2) is 6.97. The van der Waals surface area contributed by atoms with Gasteiger partial charge < -0.3 is 5.11 Å². The minimum atomic E-state index is -4.57. The number of nitrogens with zero attached hydrogens (tertiary/aromatic N) is 2. The van der Waals surface area contributed by atoms with E-state index in [0.29, 0.717) is 12.3 Å². The highest BCUT2D eigenvalue weighted by Gasteiger charge is 2.31. The number of rotatable bonds is 4. The molecule has 0 aliphatic carbocycles. The predicted octanol–water partition coefficient (Wildman–Crippen LogP) is 3.93. The number of hydrazone groups is 1. The van der Waals surface area contributed by atoms with Crippen LogP contribution >= 0.6 is 34.8 Å². The highest BCUT2D eigenvalue weighted by molar-refractivity contribution is 6.51. The highest BCUT2D eigenvalue weighted by Crippen LogP contribution is 2.32. The van der Waals surface area contributed by atoms with E-state index in [0.717, 1.165) is 6.21 Å². The lowest BCUT2D eigenvalue weighted by Gasteiger charge is -2.08. The molecule has 0 atom stereocenters. The van der Waals surface area contributed by atoms with Crippen molar-refractivity contribution >= 4 is 52.8 Å². The highest BCUT2D eigenvalue weighted by atomic mass is 35.5. The van der Waals surface area contributed by atoms with E-state index in [-0.39, 0.29) is 15.9 Å². The Bertz CT molecular complexity index is 617. The van der Waals surface area contributed by atoms with Gasteiger partial charge in [-0.25, -0.2) is 9.78 Å². The van der Waals surface area contributed by atoms with Crippen molar-refractivity contribution in [2.75, 3.05) is 5.43 Å². The third-order valence-corrected chi connectivity index (χ3v) is 2.95. The lowest BCUT2D eigenvalue weighted by Crippen LogP contribution is -2.06. The number of anilines is 1. The summed E-state index contributed by atoms with van der Waals surface area (Å²) in [6.07, 6.45) is -3.17. The first-order valence-corrected chi connectivity index (χ1v) is 6.06. The van der Waals surface area contributed by atoms with Crippen molar-refractivity contribution in [3.8, 4) is 0 Å². The molecule has 0 fully saturated rings. The molecule has 0 bridgehead atoms. The number of hydrogen-bond acceptors (Lipinski definition) is 4. The van der Waals surface area contributed by atoms with Crippen molar-refractivity contribution in [1.29, 1.82) is 0 Å². The number of halogens is 6. The number of alkyl halides is 3. The molecule has 11 heteroatoms. The Kier molecular flexibility index (Phi) is 5.82. The first kappa shape index (κ1) is 17.5. The fourth-order valence-corrected chi connectivity index (χ4v) is 1.37. The van der Waals surface area contributed by atoms with E-state index in [2.05, 4.69) is 15.5 Å². The second-order valence-electron chi connectivity index (χ2n) is 3.39. The van der Waals surface area contributed by atoms with Gasteiger partial charge in [-0.2, -0.15) is 18.3 Å². The number of aliphatic carboxylic acids is 1. The van der Waals surface area contributed by atoms with Gasteiger partial charge in [0.1, 0.15) is 5.03 Å². The van der Waals surface area contributed by atoms with Crippen LogP contribution in [-0.2, 0) is 11.0 Å². The van der Waals surface area contributed by atoms with Gasteiger partial charge in [0.05, 0.1) is 21.8 Å². The topological polar surface area (TPSA) is 74.6 Å². The largest absolute Gasteiger partial charge is 0.477 e. The SMILES string of the molecule is O=C(O)/C(Cl)=C(Cl)/C=N\Nc1ncc(C(F)(F)F)cc1Cl. The zero-order valence-electron chi connectivity index (χ0n) is 9.75. The van der Waals surface area contributed by atoms with Gasteiger partial charge in [-0.1, -0.05) is 34.8 Å². The summed E-state index contributed by atoms with van der Waals surface area (Å²) in [4.78, 5) is 13.9. The van der Waals surface area contributed by atoms with Crippen LogP contribution in [0.2, 0.25) is 5.02 Å². The Hall–Kier alpha value is -1.51. The maximum absolute atomic E-state index is 12.4. The van der Waals surface area contributed by atoms with Crippen LogP contribution in [0, 0.1) is 0 Å². The number of hydrogen-bond donors (Lipinski definition) is 2. The molecule has 0 radical (unpaired) electrons. The van der Waals surface area contributed by atoms with Crippen LogP contribution in [0.4, 0.5) is 19.0 Å². The third kappa shape index (κ3) is 5.07. The van der Waals surface area contributed by atoms with Crippen molar-refractivity contribution in [3.05, 3.63) is 32.9 Å². The molecule has 1 aromatic heterocycles. The van der Waals surface area contributed by atoms with Crippen molar-refractivity contribution in [3.63, 3.8) is 0 Å². The van der Waals surface area contributed by atoms with E-state index in [1.54, 1.807) is 0 Å². The quantitative estimate of drug-likeness (QED) is 0.483. The number of allylic oxidation sites excluding steroid dienone is 1. The fourth-order valence-electron chi connectivity index (χ4n) is 0.984. The van der Waals surface area contributed by atoms with Gasteiger partial charge in [-0.05, 0) is 6.07 Å². The van der Waals surface area contributed by atoms with E-state index in [4.69, 9.17) is 39.9 Å². The molecule has 21 heavy (non-hydrogen) atoms. The molecule has 0 saturated carbocycles. The summed E-state index contributed by atoms with van der Waals surface area (Å²) in [5, 5.41) is 10.6. The molecule has 5 nitrogen and oxygen atoms in total. The minimum absolute atomic E-state index is 0.170. The Morgan fingerprint density at radius 3 is 2.52 bits per heavy atom. The van der Waals surface area contributed by atoms with E-state index >= 15 is 0 Å². The predicted molar refractivity (Wildman–Crippen MR) is 72.7 cm³/mol. The van der Waals surface area contributed by atoms with Crippen molar-refractivity contribution in [1.82, 2.24) is 4.98 Å². The summed E-state index contributed by atoms with van der Waals surface area (Å²) in [7, 11) is 0. The zero-order valence-corrected chi connectivity index (χ0v) is 12.0. The van der Waals surface area contributed by atoms with E-state index in [9.17, 15) is 18.0 Å². The lowest BCUT2D eigenvalue weighted by molar-refractivity contribution is -0.137. The molecule has 1 rings (SSSR count). The number of aromatic nitrogens is 1. The van der Waals surface area contributed by atoms with Crippen LogP contribution < -0.4 is 5.43 Å². The molecule has 1 aromatic rings. The van der Waals surface area contributed by atoms with Gasteiger partial charge in [0.15, 0.2) is 5.82 Å². The van der Waals surface area contributed by atoms with Crippen LogP contribution in [0.5, 0.6) is 0 Å². The molecule has 0 spiro atoms. The van der Waals surface area contributed by atoms with E-state index < -0.39 is 22.7 Å². The normalized spacial score (nSPS) is 13.2. The molecule has 0 unspecified atom stereocenters. The Labute approximate surface area is 131 Å². The van der Waals surface area contributed by atoms with Crippen LogP contribution in [-0.4, -0.2) is 22.3 Å². The van der Waals surface area contributed by atoms with E-state index in [1.807, 2.05) is 0 Å². The maximum Gasteiger partial charge on any atom is 0.417 e. The van der Waals surface area contributed by atoms with Gasteiger partial charge in [-0.3, -0.25) is 5.43 Å². The van der Waals surface area contributed by atoms with Crippen LogP contribution in [0.1, 0.15) is 5.56 Å². The average Bonchev–Trinajstić information content (AvgIpc) is 2.38. The molecule has 0 aliphatic heterocycles. The number of nitrogens with one attached hydrogen (secondary N) is 1. The van der Waals surface area contributed by atoms with Crippen molar-refractivity contribution < 1.29 is 23.1 Å². The first-order chi connectivity index (χ1) is 9.62. The third-order valence-electron chi connectivity index (χ3n) is 1.91. The monoisotopic (exact) mass is 361 g/mol. The fraction of sp³-hybridized carbons (Fsp3) is 0.100. The Morgan fingerprint density at radius 2 is 2.05 bits per heavy atom. The first-order valence-electron chi connectivity index (χ1n) is 4.93. The Morgan fingerprint density at radius 1 is 1.43 bits per heavy atom. The number of carboxylic acids is 1. The summed E-state index contributed by atoms with van der Waals surface area (Å²) in [6, 6.07) is 0.661. The zero-order chi connectivity index (χ0) is 16.2. The summed E-state index contributed by atoms with van der Waals surface area (Å²) < 4.78 is 37.1. The van der Waals surface area contributed by atoms with E-state index in [1.165, 1.54) is 0 Å². The van der Waals surface area contributed by atoms with Gasteiger partial charge in [-0.15, -0.1) is 0 Å². The number of carboxylic acid groups (broad SMARTS) is 1. The van der Waals surface area contributed by atoms with Crippen LogP contribution in [0.25, 0.3) is 0 Å². The van der Waals surface area contributed by atoms with Crippen LogP contribution in [0.15, 0.2) is 27.4 Å². The average molecular weight is 363 g/mol. The van der Waals surface area contributed by atoms with Crippen molar-refractivity contribution in [2.45, 2.75) is 6.18 Å². The molecule has 0 amide bonds. The summed E-state index contributed by atoms with van der Waals surface area (Å²) in [5.74, 6) is -1.63. The van der Waals surface area contributed by atoms with Gasteiger partial charge in [0.2, 0.25) is 0 Å². The summed E-state index contributed by atoms with van der Waals surface area (Å²) >= 11 is 16.4. The van der Waals surface area contributed by atoms with Gasteiger partial charge in [0, 0.05) is 6.20 Å². The molecule has 0 aliphatic rings. The summed E-state index contributed by atoms with van der Waals surface area (Å²) in [5.41, 5.74) is 1.19. The lowest BCUT2D eigenvalue weighted by atomic mass is 10.3. The van der Waals surface area contributed by atoms with Gasteiger partial charge >= 0.3 is 12.1 Å². The molecule has 0 aromatic carbocycles. The molecular weight excluding hydrogens is 357 g/mol. The van der Waals surface area contributed by atoms with Gasteiger partial charge in [0.25, 0.3) is 0 Å². The molecule has 2 N–H and O–H groups in total. The van der Waals surface area contributed by atoms with Crippen molar-refractivity contribution in [2.24, 2.45) is 5.10 Å². The molecule has 1 heterocycles. The molecular formula is C10H5Cl3F3N3O2. The number of carbonyl (C=O) groups is 1. The van der Waals surface area contributed by atoms with Crippen LogP contribution in [0.3, 0.4) is 0 Å². The smallest absolute Gasteiger partial charge is 0.417 e. The second-order valence-corrected chi connectivity index (χ2v) is 4.58. The summed E-state index contributed by atoms with van der Waals surface area (Å²) in [6.45, 7) is 0.